The number of piperidine rings is 1. The third kappa shape index (κ3) is 3.08. The van der Waals surface area contributed by atoms with Crippen LogP contribution in [0.25, 0.3) is 11.0 Å². The molecule has 3 heterocycles. The molecule has 158 valence electrons. The Balaban J connectivity index is 1.47. The third-order valence-corrected chi connectivity index (χ3v) is 8.25. The van der Waals surface area contributed by atoms with Crippen LogP contribution < -0.4 is 10.9 Å². The summed E-state index contributed by atoms with van der Waals surface area (Å²) in [6.45, 7) is 0.926. The Bertz CT molecular complexity index is 1210. The van der Waals surface area contributed by atoms with Crippen LogP contribution in [-0.4, -0.2) is 52.6 Å². The van der Waals surface area contributed by atoms with Gasteiger partial charge in [-0.1, -0.05) is 0 Å². The molecule has 0 amide bonds. The van der Waals surface area contributed by atoms with Crippen LogP contribution in [0.5, 0.6) is 0 Å². The molecule has 3 aliphatic carbocycles. The number of aromatic nitrogens is 3. The van der Waals surface area contributed by atoms with Gasteiger partial charge >= 0.3 is 0 Å². The first kappa shape index (κ1) is 19.5. The number of fused-ring (bicyclic) bond motifs is 2. The largest absolute Gasteiger partial charge is 0.351 e. The van der Waals surface area contributed by atoms with E-state index in [9.17, 15) is 18.5 Å². The molecule has 1 aliphatic heterocycles. The van der Waals surface area contributed by atoms with Crippen LogP contribution >= 0.6 is 0 Å². The summed E-state index contributed by atoms with van der Waals surface area (Å²) >= 11 is 0. The number of sulfonamides is 1. The highest BCUT2D eigenvalue weighted by Gasteiger charge is 2.53. The number of rotatable bonds is 4. The van der Waals surface area contributed by atoms with Crippen LogP contribution in [0.4, 0.5) is 5.95 Å². The van der Waals surface area contributed by atoms with Crippen molar-refractivity contribution in [2.45, 2.75) is 50.1 Å². The molecule has 0 radical (unpaired) electrons. The van der Waals surface area contributed by atoms with Gasteiger partial charge in [0.1, 0.15) is 17.3 Å². The first-order chi connectivity index (χ1) is 14.3. The van der Waals surface area contributed by atoms with Crippen LogP contribution in [-0.2, 0) is 15.6 Å². The molecule has 3 saturated carbocycles. The summed E-state index contributed by atoms with van der Waals surface area (Å²) in [6.07, 6.45) is 8.21. The maximum absolute atomic E-state index is 13.1. The van der Waals surface area contributed by atoms with E-state index in [-0.39, 0.29) is 22.7 Å². The lowest BCUT2D eigenvalue weighted by atomic mass is 9.76. The fourth-order valence-electron chi connectivity index (χ4n) is 5.39. The average Bonchev–Trinajstić information content (AvgIpc) is 3.29. The number of anilines is 1. The Hall–Kier alpha value is -2.51. The second kappa shape index (κ2) is 6.75. The number of hydrogen-bond acceptors (Lipinski definition) is 7. The molecule has 10 heteroatoms. The quantitative estimate of drug-likeness (QED) is 0.781. The summed E-state index contributed by atoms with van der Waals surface area (Å²) in [7, 11) is -3.17. The Kier molecular flexibility index (Phi) is 4.38. The maximum atomic E-state index is 13.1. The molecule has 30 heavy (non-hydrogen) atoms. The molecule has 4 fully saturated rings. The van der Waals surface area contributed by atoms with E-state index < -0.39 is 10.0 Å². The molecular formula is C20H24N6O3S. The van der Waals surface area contributed by atoms with Crippen LogP contribution in [0.15, 0.2) is 17.1 Å². The van der Waals surface area contributed by atoms with Crippen molar-refractivity contribution in [2.75, 3.05) is 24.7 Å². The summed E-state index contributed by atoms with van der Waals surface area (Å²) in [5.74, 6) is 1.10. The van der Waals surface area contributed by atoms with Gasteiger partial charge in [-0.2, -0.15) is 10.2 Å². The Morgan fingerprint density at radius 1 is 1.27 bits per heavy atom. The normalized spacial score (nSPS) is 27.0. The lowest BCUT2D eigenvalue weighted by molar-refractivity contribution is 0.152. The molecule has 2 aromatic rings. The summed E-state index contributed by atoms with van der Waals surface area (Å²) in [5, 5.41) is 13.4. The van der Waals surface area contributed by atoms with Crippen molar-refractivity contribution >= 4 is 27.0 Å². The molecule has 0 unspecified atom stereocenters. The molecule has 1 saturated heterocycles. The highest BCUT2D eigenvalue weighted by atomic mass is 32.2. The van der Waals surface area contributed by atoms with E-state index in [0.29, 0.717) is 48.8 Å². The predicted molar refractivity (Wildman–Crippen MR) is 112 cm³/mol. The van der Waals surface area contributed by atoms with E-state index in [1.807, 2.05) is 6.07 Å². The van der Waals surface area contributed by atoms with Crippen LogP contribution in [0.2, 0.25) is 0 Å². The topological polar surface area (TPSA) is 121 Å². The van der Waals surface area contributed by atoms with Gasteiger partial charge in [-0.25, -0.2) is 17.7 Å². The fourth-order valence-corrected chi connectivity index (χ4v) is 6.27. The van der Waals surface area contributed by atoms with Gasteiger partial charge in [0, 0.05) is 30.7 Å². The predicted octanol–water partition coefficient (Wildman–Crippen LogP) is 1.40. The zero-order valence-corrected chi connectivity index (χ0v) is 17.7. The monoisotopic (exact) mass is 428 g/mol. The summed E-state index contributed by atoms with van der Waals surface area (Å²) in [5.41, 5.74) is 0.214. The van der Waals surface area contributed by atoms with Crippen molar-refractivity contribution in [3.05, 3.63) is 28.2 Å². The smallest absolute Gasteiger partial charge is 0.270 e. The van der Waals surface area contributed by atoms with Crippen molar-refractivity contribution in [3.63, 3.8) is 0 Å². The molecule has 1 N–H and O–H groups in total. The zero-order chi connectivity index (χ0) is 21.1. The van der Waals surface area contributed by atoms with E-state index in [1.165, 1.54) is 10.6 Å². The molecule has 9 nitrogen and oxygen atoms in total. The molecular weight excluding hydrogens is 404 g/mol. The lowest BCUT2D eigenvalue weighted by Gasteiger charge is -2.40. The average molecular weight is 429 g/mol. The minimum absolute atomic E-state index is 0.0664. The van der Waals surface area contributed by atoms with Gasteiger partial charge in [0.05, 0.1) is 11.8 Å². The van der Waals surface area contributed by atoms with Gasteiger partial charge in [-0.3, -0.25) is 9.36 Å². The van der Waals surface area contributed by atoms with Gasteiger partial charge in [-0.05, 0) is 50.5 Å². The van der Waals surface area contributed by atoms with Crippen LogP contribution in [0.1, 0.15) is 44.1 Å². The summed E-state index contributed by atoms with van der Waals surface area (Å²) in [4.78, 5) is 22.1. The van der Waals surface area contributed by atoms with E-state index >= 15 is 0 Å². The van der Waals surface area contributed by atoms with Gasteiger partial charge in [0.25, 0.3) is 5.56 Å². The molecule has 2 aromatic heterocycles. The molecule has 0 aromatic carbocycles. The van der Waals surface area contributed by atoms with Crippen molar-refractivity contribution in [1.29, 1.82) is 5.26 Å². The maximum Gasteiger partial charge on any atom is 0.270 e. The summed E-state index contributed by atoms with van der Waals surface area (Å²) < 4.78 is 26.6. The highest BCUT2D eigenvalue weighted by Crippen LogP contribution is 2.56. The first-order valence-electron chi connectivity index (χ1n) is 10.3. The fraction of sp³-hybridized carbons (Fsp3) is 0.600. The molecule has 4 aliphatic rings. The third-order valence-electron chi connectivity index (χ3n) is 6.95. The van der Waals surface area contributed by atoms with Crippen molar-refractivity contribution in [3.8, 4) is 6.07 Å². The van der Waals surface area contributed by atoms with Gasteiger partial charge < -0.3 is 5.32 Å². The first-order valence-corrected chi connectivity index (χ1v) is 12.2. The van der Waals surface area contributed by atoms with Crippen LogP contribution in [0, 0.1) is 17.2 Å². The molecule has 6 rings (SSSR count). The highest BCUT2D eigenvalue weighted by molar-refractivity contribution is 7.88. The minimum Gasteiger partial charge on any atom is -0.351 e. The summed E-state index contributed by atoms with van der Waals surface area (Å²) in [6, 6.07) is 3.66. The molecule has 0 spiro atoms. The Morgan fingerprint density at radius 2 is 2.00 bits per heavy atom. The number of hydrogen-bond donors (Lipinski definition) is 1. The van der Waals surface area contributed by atoms with E-state index in [2.05, 4.69) is 15.3 Å². The van der Waals surface area contributed by atoms with E-state index in [0.717, 1.165) is 25.7 Å². The lowest BCUT2D eigenvalue weighted by Crippen LogP contribution is -2.46. The standard InChI is InChI=1S/C20H24N6O3S/c1-30(28,29)25-6-3-16(4-7-25)23-19-22-12-15-8-14(11-21)18(27)26(17(15)24-19)20-5-2-13(9-20)10-20/h8,12-13,16H,2-7,9-10H2,1H3,(H,22,23,24). The Morgan fingerprint density at radius 3 is 2.60 bits per heavy atom. The van der Waals surface area contributed by atoms with Crippen molar-refractivity contribution < 1.29 is 8.42 Å². The van der Waals surface area contributed by atoms with Crippen molar-refractivity contribution in [2.24, 2.45) is 5.92 Å². The van der Waals surface area contributed by atoms with E-state index in [4.69, 9.17) is 0 Å². The Labute approximate surface area is 174 Å². The minimum atomic E-state index is -3.17. The van der Waals surface area contributed by atoms with E-state index in [1.54, 1.807) is 16.8 Å². The van der Waals surface area contributed by atoms with Gasteiger partial charge in [-0.15, -0.1) is 0 Å². The van der Waals surface area contributed by atoms with Crippen LogP contribution in [0.3, 0.4) is 0 Å². The second-order valence-corrected chi connectivity index (χ2v) is 10.9. The number of nitrogens with zero attached hydrogens (tertiary/aromatic N) is 5. The second-order valence-electron chi connectivity index (χ2n) is 8.90. The zero-order valence-electron chi connectivity index (χ0n) is 16.8. The number of nitrogens with one attached hydrogen (secondary N) is 1. The van der Waals surface area contributed by atoms with Gasteiger partial charge in [0.15, 0.2) is 0 Å². The number of pyridine rings is 1. The van der Waals surface area contributed by atoms with Crippen molar-refractivity contribution in [1.82, 2.24) is 18.8 Å². The SMILES string of the molecule is CS(=O)(=O)N1CCC(Nc2ncc3cc(C#N)c(=O)n(C45CCC(C4)C5)c3n2)CC1. The number of nitriles is 1. The molecule has 2 bridgehead atoms. The van der Waals surface area contributed by atoms with Gasteiger partial charge in [0.2, 0.25) is 16.0 Å². The molecule has 0 atom stereocenters.